The van der Waals surface area contributed by atoms with Crippen molar-refractivity contribution in [3.8, 4) is 0 Å². The minimum absolute atomic E-state index is 0. The molecule has 0 unspecified atom stereocenters. The van der Waals surface area contributed by atoms with Crippen LogP contribution >= 0.6 is 0 Å². The van der Waals surface area contributed by atoms with Gasteiger partial charge in [-0.3, -0.25) is 0 Å². The Morgan fingerprint density at radius 1 is 0.241 bits per heavy atom. The molecule has 0 fully saturated rings. The van der Waals surface area contributed by atoms with E-state index in [4.69, 9.17) is 0 Å². The minimum atomic E-state index is -0.909. The molecular weight excluding hydrogens is 907 g/mol. The van der Waals surface area contributed by atoms with Gasteiger partial charge in [-0.15, -0.1) is 0 Å². The van der Waals surface area contributed by atoms with Gasteiger partial charge in [0.1, 0.15) is 0 Å². The SMILES string of the molecule is CCCCCCCCCCCC(=O)[O-].CCCCCCCCCCCC(=O)[O-].CCCCCCCCCCCC(=O)[O-].CCCCCCCCCCCC(=O)[O-].[Ba+2].[Zn+2]. The molecule has 0 saturated heterocycles. The van der Waals surface area contributed by atoms with Crippen molar-refractivity contribution in [3.05, 3.63) is 0 Å². The van der Waals surface area contributed by atoms with Crippen molar-refractivity contribution in [2.75, 3.05) is 0 Å². The van der Waals surface area contributed by atoms with Gasteiger partial charge in [0.15, 0.2) is 0 Å². The van der Waals surface area contributed by atoms with Crippen molar-refractivity contribution in [1.29, 1.82) is 0 Å². The van der Waals surface area contributed by atoms with Crippen LogP contribution in [0.5, 0.6) is 0 Å². The fraction of sp³-hybridized carbons (Fsp3) is 0.917. The first-order valence-electron chi connectivity index (χ1n) is 23.9. The van der Waals surface area contributed by atoms with Gasteiger partial charge in [0.2, 0.25) is 0 Å². The third-order valence-electron chi connectivity index (χ3n) is 9.94. The van der Waals surface area contributed by atoms with Crippen LogP contribution in [0.25, 0.3) is 0 Å². The first-order chi connectivity index (χ1) is 27.1. The zero-order valence-electron chi connectivity index (χ0n) is 39.0. The van der Waals surface area contributed by atoms with Crippen LogP contribution in [0, 0.1) is 0 Å². The summed E-state index contributed by atoms with van der Waals surface area (Å²) in [7, 11) is 0. The van der Waals surface area contributed by atoms with Crippen LogP contribution in [0.2, 0.25) is 0 Å². The van der Waals surface area contributed by atoms with Crippen molar-refractivity contribution in [2.24, 2.45) is 0 Å². The third kappa shape index (κ3) is 87.6. The topological polar surface area (TPSA) is 161 Å². The van der Waals surface area contributed by atoms with E-state index in [-0.39, 0.29) is 94.0 Å². The van der Waals surface area contributed by atoms with E-state index in [1.165, 1.54) is 180 Å². The normalized spacial score (nSPS) is 10.0. The van der Waals surface area contributed by atoms with Crippen molar-refractivity contribution in [2.45, 2.75) is 285 Å². The van der Waals surface area contributed by atoms with E-state index in [2.05, 4.69) is 27.7 Å². The van der Waals surface area contributed by atoms with Crippen LogP contribution in [0.15, 0.2) is 0 Å². The minimum Gasteiger partial charge on any atom is -0.550 e. The second kappa shape index (κ2) is 66.2. The molecule has 10 heteroatoms. The van der Waals surface area contributed by atoms with Crippen LogP contribution in [-0.4, -0.2) is 72.8 Å². The number of hydrogen-bond acceptors (Lipinski definition) is 8. The van der Waals surface area contributed by atoms with Crippen molar-refractivity contribution in [1.82, 2.24) is 0 Å². The van der Waals surface area contributed by atoms with E-state index in [1.807, 2.05) is 0 Å². The number of hydrogen-bond donors (Lipinski definition) is 0. The monoisotopic (exact) mass is 999 g/mol. The molecule has 0 spiro atoms. The average Bonchev–Trinajstić information content (AvgIpc) is 3.15. The van der Waals surface area contributed by atoms with E-state index < -0.39 is 23.9 Å². The summed E-state index contributed by atoms with van der Waals surface area (Å²) in [5.41, 5.74) is 0. The maximum Gasteiger partial charge on any atom is 2.00 e. The molecule has 8 nitrogen and oxygen atoms in total. The summed E-state index contributed by atoms with van der Waals surface area (Å²) in [5, 5.41) is 40.4. The molecule has 0 atom stereocenters. The van der Waals surface area contributed by atoms with Crippen LogP contribution in [0.3, 0.4) is 0 Å². The van der Waals surface area contributed by atoms with E-state index in [0.29, 0.717) is 0 Å². The first-order valence-corrected chi connectivity index (χ1v) is 23.9. The van der Waals surface area contributed by atoms with Gasteiger partial charge in [-0.25, -0.2) is 0 Å². The van der Waals surface area contributed by atoms with Gasteiger partial charge in [-0.2, -0.15) is 0 Å². The fourth-order valence-electron chi connectivity index (χ4n) is 6.32. The van der Waals surface area contributed by atoms with Gasteiger partial charge in [0.05, 0.1) is 0 Å². The number of carboxylic acid groups (broad SMARTS) is 4. The predicted molar refractivity (Wildman–Crippen MR) is 233 cm³/mol. The Morgan fingerprint density at radius 2 is 0.345 bits per heavy atom. The number of carbonyl (C=O) groups excluding carboxylic acids is 4. The second-order valence-electron chi connectivity index (χ2n) is 15.8. The Morgan fingerprint density at radius 3 is 0.448 bits per heavy atom. The van der Waals surface area contributed by atoms with Crippen LogP contribution in [-0.2, 0) is 38.7 Å². The Kier molecular flexibility index (Phi) is 79.6. The summed E-state index contributed by atoms with van der Waals surface area (Å²) in [6, 6.07) is 0. The van der Waals surface area contributed by atoms with E-state index in [9.17, 15) is 39.6 Å². The standard InChI is InChI=1S/4C12H24O2.Ba.Zn/c4*1-2-3-4-5-6-7-8-9-10-11-12(13)14;;/h4*2-11H2,1H3,(H,13,14);;/q;;;;2*+2/p-4. The molecule has 58 heavy (non-hydrogen) atoms. The molecule has 0 radical (unpaired) electrons. The Hall–Kier alpha value is 0.0748. The number of rotatable bonds is 40. The summed E-state index contributed by atoms with van der Waals surface area (Å²) in [6.07, 6.45) is 44.7. The maximum absolute atomic E-state index is 10.1. The van der Waals surface area contributed by atoms with Crippen LogP contribution < -0.4 is 20.4 Å². The summed E-state index contributed by atoms with van der Waals surface area (Å²) in [4.78, 5) is 40.4. The fourth-order valence-corrected chi connectivity index (χ4v) is 6.32. The second-order valence-corrected chi connectivity index (χ2v) is 15.8. The first kappa shape index (κ1) is 69.8. The Labute approximate surface area is 412 Å². The molecule has 0 amide bonds. The zero-order valence-corrected chi connectivity index (χ0v) is 46.4. The smallest absolute Gasteiger partial charge is 0.550 e. The summed E-state index contributed by atoms with van der Waals surface area (Å²) < 4.78 is 0. The van der Waals surface area contributed by atoms with Gasteiger partial charge in [0.25, 0.3) is 0 Å². The molecule has 0 aromatic carbocycles. The van der Waals surface area contributed by atoms with Crippen LogP contribution in [0.4, 0.5) is 0 Å². The van der Waals surface area contributed by atoms with E-state index >= 15 is 0 Å². The van der Waals surface area contributed by atoms with Gasteiger partial charge < -0.3 is 39.6 Å². The Balaban J connectivity index is -0.000000154. The molecule has 0 aliphatic carbocycles. The molecule has 0 N–H and O–H groups in total. The van der Waals surface area contributed by atoms with Crippen LogP contribution in [0.1, 0.15) is 285 Å². The zero-order chi connectivity index (χ0) is 42.6. The van der Waals surface area contributed by atoms with E-state index in [1.54, 1.807) is 0 Å². The molecule has 0 aromatic heterocycles. The van der Waals surface area contributed by atoms with Crippen molar-refractivity contribution >= 4 is 72.8 Å². The number of aliphatic carboxylic acids is 4. The predicted octanol–water partition coefficient (Wildman–Crippen LogP) is 10.2. The molecule has 0 aliphatic rings. The Bertz CT molecular complexity index is 672. The number of carboxylic acids is 4. The van der Waals surface area contributed by atoms with Gasteiger partial charge in [-0.05, 0) is 51.4 Å². The van der Waals surface area contributed by atoms with Gasteiger partial charge >= 0.3 is 68.4 Å². The molecule has 0 saturated carbocycles. The largest absolute Gasteiger partial charge is 2.00 e. The molecule has 336 valence electrons. The van der Waals surface area contributed by atoms with Crippen molar-refractivity contribution in [3.63, 3.8) is 0 Å². The maximum atomic E-state index is 10.1. The van der Waals surface area contributed by atoms with E-state index in [0.717, 1.165) is 51.4 Å². The molecule has 0 aliphatic heterocycles. The molecule has 0 bridgehead atoms. The molecule has 0 heterocycles. The quantitative estimate of drug-likeness (QED) is 0.0433. The van der Waals surface area contributed by atoms with Crippen molar-refractivity contribution < 1.29 is 59.1 Å². The number of unbranched alkanes of at least 4 members (excludes halogenated alkanes) is 32. The van der Waals surface area contributed by atoms with Gasteiger partial charge in [-0.1, -0.05) is 233 Å². The number of carbonyl (C=O) groups is 4. The summed E-state index contributed by atoms with van der Waals surface area (Å²) in [5.74, 6) is -3.64. The molecule has 0 aromatic rings. The summed E-state index contributed by atoms with van der Waals surface area (Å²) in [6.45, 7) is 8.89. The summed E-state index contributed by atoms with van der Waals surface area (Å²) >= 11 is 0. The molecule has 0 rings (SSSR count). The molecular formula is C48H92BaO8Zn. The van der Waals surface area contributed by atoms with Gasteiger partial charge in [0, 0.05) is 23.9 Å². The average molecular weight is 1000 g/mol. The third-order valence-corrected chi connectivity index (χ3v) is 9.94.